The largest absolute Gasteiger partial charge is 0.448 e. The van der Waals surface area contributed by atoms with Crippen molar-refractivity contribution in [3.63, 3.8) is 0 Å². The van der Waals surface area contributed by atoms with Crippen LogP contribution in [0.2, 0.25) is 0 Å². The van der Waals surface area contributed by atoms with E-state index in [0.717, 1.165) is 32.1 Å². The van der Waals surface area contributed by atoms with Gasteiger partial charge in [-0.3, -0.25) is 0 Å². The number of hydrogen-bond donors (Lipinski definition) is 2. The lowest BCUT2D eigenvalue weighted by Crippen LogP contribution is -2.45. The van der Waals surface area contributed by atoms with Gasteiger partial charge in [-0.25, -0.2) is 9.52 Å². The number of alkyl halides is 1. The molecule has 1 fully saturated rings. The molecule has 0 saturated heterocycles. The van der Waals surface area contributed by atoms with Crippen molar-refractivity contribution >= 4 is 27.9 Å². The molecular formula is C9H17ClN2O4S. The van der Waals surface area contributed by atoms with E-state index in [-0.39, 0.29) is 18.5 Å². The van der Waals surface area contributed by atoms with Gasteiger partial charge in [0.25, 0.3) is 0 Å². The quantitative estimate of drug-likeness (QED) is 0.741. The summed E-state index contributed by atoms with van der Waals surface area (Å²) in [7, 11) is -3.83. The highest BCUT2D eigenvalue weighted by Gasteiger charge is 2.21. The SMILES string of the molecule is O=C(NS(=O)(=O)NC1CCCCC1)OCCCl. The smallest absolute Gasteiger partial charge is 0.421 e. The molecule has 0 aliphatic heterocycles. The van der Waals surface area contributed by atoms with Crippen LogP contribution >= 0.6 is 11.6 Å². The maximum atomic E-state index is 11.5. The van der Waals surface area contributed by atoms with E-state index in [1.54, 1.807) is 4.72 Å². The second kappa shape index (κ2) is 7.03. The Bertz CT molecular complexity index is 341. The maximum Gasteiger partial charge on any atom is 0.421 e. The van der Waals surface area contributed by atoms with E-state index in [0.29, 0.717) is 0 Å². The van der Waals surface area contributed by atoms with Crippen LogP contribution in [0, 0.1) is 0 Å². The maximum absolute atomic E-state index is 11.5. The van der Waals surface area contributed by atoms with Gasteiger partial charge in [0.1, 0.15) is 6.61 Å². The first-order chi connectivity index (χ1) is 8.03. The van der Waals surface area contributed by atoms with Crippen molar-refractivity contribution in [2.75, 3.05) is 12.5 Å². The minimum absolute atomic E-state index is 0.0215. The number of rotatable bonds is 5. The zero-order valence-corrected chi connectivity index (χ0v) is 11.0. The van der Waals surface area contributed by atoms with E-state index < -0.39 is 16.3 Å². The standard InChI is InChI=1S/C9H17ClN2O4S/c10-6-7-16-9(13)12-17(14,15)11-8-4-2-1-3-5-8/h8,11H,1-7H2,(H,12,13). The second-order valence-electron chi connectivity index (χ2n) is 3.88. The summed E-state index contributed by atoms with van der Waals surface area (Å²) in [5.41, 5.74) is 0. The lowest BCUT2D eigenvalue weighted by Gasteiger charge is -2.22. The Labute approximate surface area is 106 Å². The molecule has 0 atom stereocenters. The summed E-state index contributed by atoms with van der Waals surface area (Å²) in [5, 5.41) is 0. The number of nitrogens with one attached hydrogen (secondary N) is 2. The molecule has 0 aromatic rings. The fraction of sp³-hybridized carbons (Fsp3) is 0.889. The van der Waals surface area contributed by atoms with Crippen LogP contribution in [0.4, 0.5) is 4.79 Å². The van der Waals surface area contributed by atoms with Crippen LogP contribution in [-0.2, 0) is 14.9 Å². The summed E-state index contributed by atoms with van der Waals surface area (Å²) in [6, 6.07) is -0.0953. The summed E-state index contributed by atoms with van der Waals surface area (Å²) in [6.07, 6.45) is 3.74. The molecule has 0 heterocycles. The molecule has 0 spiro atoms. The lowest BCUT2D eigenvalue weighted by molar-refractivity contribution is 0.159. The molecule has 17 heavy (non-hydrogen) atoms. The summed E-state index contributed by atoms with van der Waals surface area (Å²) in [5.74, 6) is 0.128. The molecule has 0 aromatic heterocycles. The van der Waals surface area contributed by atoms with Crippen molar-refractivity contribution in [1.82, 2.24) is 9.44 Å². The van der Waals surface area contributed by atoms with Crippen LogP contribution in [0.25, 0.3) is 0 Å². The molecule has 1 saturated carbocycles. The van der Waals surface area contributed by atoms with Crippen molar-refractivity contribution in [2.45, 2.75) is 38.1 Å². The van der Waals surface area contributed by atoms with Gasteiger partial charge in [-0.15, -0.1) is 11.6 Å². The van der Waals surface area contributed by atoms with Crippen molar-refractivity contribution in [3.05, 3.63) is 0 Å². The average molecular weight is 285 g/mol. The minimum Gasteiger partial charge on any atom is -0.448 e. The number of halogens is 1. The average Bonchev–Trinajstić information content (AvgIpc) is 2.26. The minimum atomic E-state index is -3.83. The molecular weight excluding hydrogens is 268 g/mol. The first-order valence-corrected chi connectivity index (χ1v) is 7.58. The van der Waals surface area contributed by atoms with Crippen LogP contribution in [0.3, 0.4) is 0 Å². The zero-order valence-electron chi connectivity index (χ0n) is 9.45. The highest BCUT2D eigenvalue weighted by Crippen LogP contribution is 2.17. The predicted octanol–water partition coefficient (Wildman–Crippen LogP) is 1.12. The summed E-state index contributed by atoms with van der Waals surface area (Å²) in [6.45, 7) is -0.0215. The van der Waals surface area contributed by atoms with Gasteiger partial charge in [-0.05, 0) is 12.8 Å². The van der Waals surface area contributed by atoms with Crippen LogP contribution < -0.4 is 9.44 Å². The van der Waals surface area contributed by atoms with Gasteiger partial charge in [0.05, 0.1) is 5.88 Å². The van der Waals surface area contributed by atoms with Crippen LogP contribution in [0.5, 0.6) is 0 Å². The Kier molecular flexibility index (Phi) is 6.01. The van der Waals surface area contributed by atoms with Crippen molar-refractivity contribution in [2.24, 2.45) is 0 Å². The van der Waals surface area contributed by atoms with E-state index in [4.69, 9.17) is 11.6 Å². The van der Waals surface area contributed by atoms with Crippen molar-refractivity contribution < 1.29 is 17.9 Å². The Balaban J connectivity index is 2.36. The molecule has 0 aromatic carbocycles. The third-order valence-electron chi connectivity index (χ3n) is 2.45. The molecule has 1 aliphatic rings. The zero-order chi connectivity index (χ0) is 12.7. The molecule has 1 aliphatic carbocycles. The number of ether oxygens (including phenoxy) is 1. The van der Waals surface area contributed by atoms with Gasteiger partial charge in [-0.1, -0.05) is 19.3 Å². The van der Waals surface area contributed by atoms with Crippen LogP contribution in [-0.4, -0.2) is 33.0 Å². The number of carbonyl (C=O) groups excluding carboxylic acids is 1. The second-order valence-corrected chi connectivity index (χ2v) is 5.71. The summed E-state index contributed by atoms with van der Waals surface area (Å²) < 4.78 is 31.8. The van der Waals surface area contributed by atoms with Crippen molar-refractivity contribution in [1.29, 1.82) is 0 Å². The monoisotopic (exact) mass is 284 g/mol. The van der Waals surface area contributed by atoms with Gasteiger partial charge in [0, 0.05) is 6.04 Å². The summed E-state index contributed by atoms with van der Waals surface area (Å²) >= 11 is 5.30. The molecule has 1 rings (SSSR count). The molecule has 2 N–H and O–H groups in total. The highest BCUT2D eigenvalue weighted by atomic mass is 35.5. The van der Waals surface area contributed by atoms with E-state index >= 15 is 0 Å². The normalized spacial score (nSPS) is 17.7. The summed E-state index contributed by atoms with van der Waals surface area (Å²) in [4.78, 5) is 11.0. The number of carbonyl (C=O) groups is 1. The van der Waals surface area contributed by atoms with Crippen molar-refractivity contribution in [3.8, 4) is 0 Å². The van der Waals surface area contributed by atoms with E-state index in [1.807, 2.05) is 0 Å². The lowest BCUT2D eigenvalue weighted by atomic mass is 9.96. The third kappa shape index (κ3) is 6.09. The molecule has 6 nitrogen and oxygen atoms in total. The highest BCUT2D eigenvalue weighted by molar-refractivity contribution is 7.88. The first-order valence-electron chi connectivity index (χ1n) is 5.56. The van der Waals surface area contributed by atoms with E-state index in [1.165, 1.54) is 0 Å². The fourth-order valence-corrected chi connectivity index (χ4v) is 2.83. The molecule has 1 amide bonds. The van der Waals surface area contributed by atoms with Gasteiger partial charge in [0.2, 0.25) is 0 Å². The van der Waals surface area contributed by atoms with Crippen LogP contribution in [0.1, 0.15) is 32.1 Å². The number of hydrogen-bond acceptors (Lipinski definition) is 4. The molecule has 100 valence electrons. The third-order valence-corrected chi connectivity index (χ3v) is 3.69. The van der Waals surface area contributed by atoms with Gasteiger partial charge < -0.3 is 4.74 Å². The Hall–Kier alpha value is -0.530. The Morgan fingerprint density at radius 3 is 2.53 bits per heavy atom. The Morgan fingerprint density at radius 1 is 1.29 bits per heavy atom. The molecule has 0 bridgehead atoms. The topological polar surface area (TPSA) is 84.5 Å². The van der Waals surface area contributed by atoms with Gasteiger partial charge in [0.15, 0.2) is 0 Å². The number of amides is 1. The Morgan fingerprint density at radius 2 is 1.94 bits per heavy atom. The molecule has 0 radical (unpaired) electrons. The fourth-order valence-electron chi connectivity index (χ4n) is 1.74. The molecule has 0 unspecified atom stereocenters. The van der Waals surface area contributed by atoms with Crippen LogP contribution in [0.15, 0.2) is 0 Å². The molecule has 8 heteroatoms. The van der Waals surface area contributed by atoms with E-state index in [2.05, 4.69) is 9.46 Å². The first kappa shape index (κ1) is 14.5. The van der Waals surface area contributed by atoms with Gasteiger partial charge >= 0.3 is 16.3 Å². The predicted molar refractivity (Wildman–Crippen MR) is 64.1 cm³/mol. The van der Waals surface area contributed by atoms with E-state index in [9.17, 15) is 13.2 Å². The van der Waals surface area contributed by atoms with Gasteiger partial charge in [-0.2, -0.15) is 13.1 Å².